The maximum atomic E-state index is 5.95. The highest BCUT2D eigenvalue weighted by molar-refractivity contribution is 7.95. The van der Waals surface area contributed by atoms with Gasteiger partial charge in [-0.2, -0.15) is 4.37 Å². The van der Waals surface area contributed by atoms with Gasteiger partial charge in [0.05, 0.1) is 23.9 Å². The molecule has 0 radical (unpaired) electrons. The summed E-state index contributed by atoms with van der Waals surface area (Å²) in [5, 5.41) is 1.26. The molecule has 0 atom stereocenters. The first-order valence-corrected chi connectivity index (χ1v) is 12.6. The van der Waals surface area contributed by atoms with Crippen molar-refractivity contribution in [1.29, 1.82) is 0 Å². The number of hydrogen-bond donors (Lipinski definition) is 0. The first-order valence-electron chi connectivity index (χ1n) is 11.1. The minimum absolute atomic E-state index is 0.743. The lowest BCUT2D eigenvalue weighted by Crippen LogP contribution is -2.46. The molecule has 0 aliphatic carbocycles. The monoisotopic (exact) mass is 477 g/mol. The molecule has 5 rings (SSSR count). The van der Waals surface area contributed by atoms with E-state index in [2.05, 4.69) is 77.4 Å². The Bertz CT molecular complexity index is 1220. The fourth-order valence-electron chi connectivity index (χ4n) is 4.04. The van der Waals surface area contributed by atoms with Crippen molar-refractivity contribution < 1.29 is 8.92 Å². The molecule has 4 aromatic rings. The van der Waals surface area contributed by atoms with Gasteiger partial charge in [0.2, 0.25) is 0 Å². The van der Waals surface area contributed by atoms with E-state index in [0.717, 1.165) is 54.9 Å². The van der Waals surface area contributed by atoms with Crippen molar-refractivity contribution in [3.05, 3.63) is 77.9 Å². The smallest absolute Gasteiger partial charge is 0.179 e. The summed E-state index contributed by atoms with van der Waals surface area (Å²) < 4.78 is 17.5. The number of hydrogen-bond acceptors (Lipinski definition) is 7. The average molecular weight is 478 g/mol. The van der Waals surface area contributed by atoms with Gasteiger partial charge in [0, 0.05) is 43.0 Å². The number of benzene rings is 3. The third-order valence-corrected chi connectivity index (χ3v) is 7.46. The molecule has 0 spiro atoms. The number of piperazine rings is 1. The Morgan fingerprint density at radius 2 is 1.73 bits per heavy atom. The summed E-state index contributed by atoms with van der Waals surface area (Å²) in [6.07, 6.45) is 0. The second kappa shape index (κ2) is 10.0. The van der Waals surface area contributed by atoms with Crippen molar-refractivity contribution in [3.63, 3.8) is 0 Å². The minimum Gasteiger partial charge on any atom is -0.493 e. The molecule has 0 saturated carbocycles. The van der Waals surface area contributed by atoms with Crippen LogP contribution in [0.2, 0.25) is 0 Å². The zero-order valence-corrected chi connectivity index (χ0v) is 20.5. The molecule has 33 heavy (non-hydrogen) atoms. The van der Waals surface area contributed by atoms with Crippen LogP contribution in [0.3, 0.4) is 0 Å². The zero-order chi connectivity index (χ0) is 22.6. The molecule has 7 heteroatoms. The quantitative estimate of drug-likeness (QED) is 0.303. The van der Waals surface area contributed by atoms with Crippen molar-refractivity contribution in [2.24, 2.45) is 0 Å². The molecular weight excluding hydrogens is 450 g/mol. The third-order valence-electron chi connectivity index (χ3n) is 5.91. The van der Waals surface area contributed by atoms with Gasteiger partial charge >= 0.3 is 0 Å². The molecular formula is C26H27N3O2S2. The fourth-order valence-corrected chi connectivity index (χ4v) is 5.41. The lowest BCUT2D eigenvalue weighted by Gasteiger charge is -2.35. The summed E-state index contributed by atoms with van der Waals surface area (Å²) in [5.74, 6) is 2.64. The van der Waals surface area contributed by atoms with Gasteiger partial charge in [-0.05, 0) is 60.4 Å². The van der Waals surface area contributed by atoms with E-state index in [0.29, 0.717) is 0 Å². The van der Waals surface area contributed by atoms with Gasteiger partial charge in [-0.3, -0.25) is 4.90 Å². The lowest BCUT2D eigenvalue weighted by molar-refractivity contribution is 0.249. The Labute approximate surface area is 203 Å². The molecule has 1 aliphatic rings. The summed E-state index contributed by atoms with van der Waals surface area (Å²) in [4.78, 5) is 5.97. The van der Waals surface area contributed by atoms with E-state index in [9.17, 15) is 0 Å². The molecule has 0 unspecified atom stereocenters. The van der Waals surface area contributed by atoms with E-state index in [1.54, 1.807) is 18.6 Å². The van der Waals surface area contributed by atoms with Crippen LogP contribution >= 0.6 is 23.6 Å². The van der Waals surface area contributed by atoms with Crippen LogP contribution in [0.5, 0.6) is 11.5 Å². The second-order valence-electron chi connectivity index (χ2n) is 8.23. The average Bonchev–Trinajstić information content (AvgIpc) is 3.29. The van der Waals surface area contributed by atoms with E-state index < -0.39 is 0 Å². The van der Waals surface area contributed by atoms with Crippen LogP contribution in [0, 0.1) is 6.92 Å². The predicted octanol–water partition coefficient (Wildman–Crippen LogP) is 6.02. The van der Waals surface area contributed by atoms with Crippen LogP contribution in [-0.4, -0.2) is 42.6 Å². The molecule has 1 aromatic heterocycles. The molecule has 170 valence electrons. The predicted molar refractivity (Wildman–Crippen MR) is 138 cm³/mol. The van der Waals surface area contributed by atoms with Crippen molar-refractivity contribution in [1.82, 2.24) is 9.27 Å². The Balaban J connectivity index is 1.19. The summed E-state index contributed by atoms with van der Waals surface area (Å²) in [6.45, 7) is 6.97. The number of fused-ring (bicyclic) bond motifs is 1. The lowest BCUT2D eigenvalue weighted by atomic mass is 10.1. The maximum absolute atomic E-state index is 5.95. The number of anilines is 1. The number of methoxy groups -OCH3 is 1. The van der Waals surface area contributed by atoms with Crippen LogP contribution in [0.25, 0.3) is 10.1 Å². The third kappa shape index (κ3) is 5.11. The van der Waals surface area contributed by atoms with Crippen LogP contribution in [0.4, 0.5) is 5.82 Å². The van der Waals surface area contributed by atoms with E-state index in [-0.39, 0.29) is 0 Å². The van der Waals surface area contributed by atoms with Crippen molar-refractivity contribution in [2.45, 2.75) is 18.4 Å². The highest BCUT2D eigenvalue weighted by Crippen LogP contribution is 2.34. The van der Waals surface area contributed by atoms with Gasteiger partial charge in [-0.25, -0.2) is 0 Å². The SMILES string of the molecule is COc1cc(CN2CCN(c3nsc4ccccc34)CC2)ccc1OSc1ccc(C)cc1. The van der Waals surface area contributed by atoms with Gasteiger partial charge in [-0.15, -0.1) is 0 Å². The molecule has 0 N–H and O–H groups in total. The molecule has 3 aromatic carbocycles. The summed E-state index contributed by atoms with van der Waals surface area (Å²) in [6, 6.07) is 23.0. The van der Waals surface area contributed by atoms with Gasteiger partial charge < -0.3 is 13.8 Å². The normalized spacial score (nSPS) is 14.5. The van der Waals surface area contributed by atoms with Crippen LogP contribution in [-0.2, 0) is 6.54 Å². The molecule has 1 aliphatic heterocycles. The number of rotatable bonds is 7. The van der Waals surface area contributed by atoms with Crippen molar-refractivity contribution in [3.8, 4) is 11.5 Å². The van der Waals surface area contributed by atoms with Crippen LogP contribution < -0.4 is 13.8 Å². The minimum atomic E-state index is 0.743. The largest absolute Gasteiger partial charge is 0.493 e. The Hall–Kier alpha value is -2.74. The van der Waals surface area contributed by atoms with Crippen LogP contribution in [0.1, 0.15) is 11.1 Å². The maximum Gasteiger partial charge on any atom is 0.179 e. The highest BCUT2D eigenvalue weighted by Gasteiger charge is 2.21. The first-order chi connectivity index (χ1) is 16.2. The highest BCUT2D eigenvalue weighted by atomic mass is 32.2. The topological polar surface area (TPSA) is 37.8 Å². The van der Waals surface area contributed by atoms with Crippen LogP contribution in [0.15, 0.2) is 71.6 Å². The number of nitrogens with zero attached hydrogens (tertiary/aromatic N) is 3. The van der Waals surface area contributed by atoms with E-state index >= 15 is 0 Å². The molecule has 1 saturated heterocycles. The molecule has 2 heterocycles. The summed E-state index contributed by atoms with van der Waals surface area (Å²) in [5.41, 5.74) is 2.47. The van der Waals surface area contributed by atoms with E-state index in [1.807, 2.05) is 6.07 Å². The summed E-state index contributed by atoms with van der Waals surface area (Å²) in [7, 11) is 1.69. The molecule has 5 nitrogen and oxygen atoms in total. The molecule has 1 fully saturated rings. The molecule has 0 amide bonds. The first kappa shape index (κ1) is 22.1. The van der Waals surface area contributed by atoms with Crippen molar-refractivity contribution in [2.75, 3.05) is 38.2 Å². The van der Waals surface area contributed by atoms with Gasteiger partial charge in [0.25, 0.3) is 0 Å². The summed E-state index contributed by atoms with van der Waals surface area (Å²) >= 11 is 2.94. The second-order valence-corrected chi connectivity index (χ2v) is 9.84. The Kier molecular flexibility index (Phi) is 6.71. The van der Waals surface area contributed by atoms with Crippen molar-refractivity contribution >= 4 is 39.5 Å². The Morgan fingerprint density at radius 1 is 0.939 bits per heavy atom. The Morgan fingerprint density at radius 3 is 2.52 bits per heavy atom. The zero-order valence-electron chi connectivity index (χ0n) is 18.9. The van der Waals surface area contributed by atoms with Gasteiger partial charge in [0.1, 0.15) is 5.82 Å². The van der Waals surface area contributed by atoms with E-state index in [4.69, 9.17) is 13.3 Å². The number of aryl methyl sites for hydroxylation is 1. The number of ether oxygens (including phenoxy) is 1. The number of aromatic nitrogens is 1. The van der Waals surface area contributed by atoms with Gasteiger partial charge in [0.15, 0.2) is 11.5 Å². The fraction of sp³-hybridized carbons (Fsp3) is 0.269. The van der Waals surface area contributed by atoms with Gasteiger partial charge in [-0.1, -0.05) is 35.9 Å². The van der Waals surface area contributed by atoms with E-state index in [1.165, 1.54) is 33.3 Å². The molecule has 0 bridgehead atoms. The standard InChI is InChI=1S/C26H27N3O2S2/c1-19-7-10-21(11-8-19)33-31-23-12-9-20(17-24(23)30-2)18-28-13-15-29(16-14-28)26-22-5-3-4-6-25(22)32-27-26/h3-12,17H,13-16,18H2,1-2H3.